The monoisotopic (exact) mass is 365 g/mol. The van der Waals surface area contributed by atoms with E-state index >= 15 is 0 Å². The first-order valence-electron chi connectivity index (χ1n) is 8.45. The highest BCUT2D eigenvalue weighted by Gasteiger charge is 2.22. The Morgan fingerprint density at radius 2 is 1.78 bits per heavy atom. The molecular weight excluding hydrogens is 346 g/mol. The van der Waals surface area contributed by atoms with Crippen LogP contribution in [0.2, 0.25) is 0 Å². The molecule has 1 aromatic heterocycles. The number of benzene rings is 2. The molecule has 0 unspecified atom stereocenters. The Hall–Kier alpha value is -3.61. The Bertz CT molecular complexity index is 934. The average molecular weight is 365 g/mol. The lowest BCUT2D eigenvalue weighted by Crippen LogP contribution is -2.30. The number of ether oxygens (including phenoxy) is 1. The van der Waals surface area contributed by atoms with E-state index in [1.54, 1.807) is 31.2 Å². The van der Waals surface area contributed by atoms with E-state index in [1.807, 2.05) is 37.3 Å². The molecule has 0 radical (unpaired) electrons. The number of nitrogens with one attached hydrogen (secondary N) is 2. The van der Waals surface area contributed by atoms with E-state index in [9.17, 15) is 9.59 Å². The van der Waals surface area contributed by atoms with Gasteiger partial charge in [0, 0.05) is 11.1 Å². The van der Waals surface area contributed by atoms with Crippen LogP contribution in [0.5, 0.6) is 0 Å². The normalized spacial score (nSPS) is 10.3. The molecule has 2 aromatic carbocycles. The van der Waals surface area contributed by atoms with Gasteiger partial charge in [-0.25, -0.2) is 4.79 Å². The Balaban J connectivity index is 1.82. The van der Waals surface area contributed by atoms with Crippen LogP contribution in [0.1, 0.15) is 33.3 Å². The maximum atomic E-state index is 12.3. The molecule has 1 amide bonds. The van der Waals surface area contributed by atoms with Gasteiger partial charge < -0.3 is 9.15 Å². The number of rotatable bonds is 6. The Morgan fingerprint density at radius 3 is 2.44 bits per heavy atom. The first-order valence-corrected chi connectivity index (χ1v) is 8.45. The third-order valence-electron chi connectivity index (χ3n) is 3.72. The fourth-order valence-corrected chi connectivity index (χ4v) is 2.34. The van der Waals surface area contributed by atoms with Crippen molar-refractivity contribution in [3.8, 4) is 11.5 Å². The second kappa shape index (κ2) is 8.18. The molecule has 0 aliphatic heterocycles. The van der Waals surface area contributed by atoms with Crippen molar-refractivity contribution in [3.05, 3.63) is 71.4 Å². The van der Waals surface area contributed by atoms with Gasteiger partial charge in [-0.3, -0.25) is 15.6 Å². The zero-order chi connectivity index (χ0) is 19.2. The first-order chi connectivity index (χ1) is 13.1. The quantitative estimate of drug-likeness (QED) is 0.512. The Morgan fingerprint density at radius 1 is 1.07 bits per heavy atom. The van der Waals surface area contributed by atoms with Crippen LogP contribution in [0.3, 0.4) is 0 Å². The summed E-state index contributed by atoms with van der Waals surface area (Å²) in [6.07, 6.45) is 0. The summed E-state index contributed by atoms with van der Waals surface area (Å²) in [7, 11) is 0. The van der Waals surface area contributed by atoms with Crippen molar-refractivity contribution in [3.63, 3.8) is 0 Å². The number of anilines is 1. The molecule has 0 spiro atoms. The highest BCUT2D eigenvalue weighted by atomic mass is 16.5. The van der Waals surface area contributed by atoms with Gasteiger partial charge in [-0.2, -0.15) is 4.98 Å². The Kier molecular flexibility index (Phi) is 5.51. The van der Waals surface area contributed by atoms with E-state index in [2.05, 4.69) is 15.8 Å². The van der Waals surface area contributed by atoms with E-state index < -0.39 is 5.97 Å². The number of nitrogens with zero attached hydrogens (tertiary/aromatic N) is 1. The van der Waals surface area contributed by atoms with Crippen molar-refractivity contribution in [2.75, 3.05) is 12.0 Å². The number of amides is 1. The van der Waals surface area contributed by atoms with E-state index in [-0.39, 0.29) is 30.0 Å². The van der Waals surface area contributed by atoms with Crippen molar-refractivity contribution in [2.24, 2.45) is 0 Å². The zero-order valence-corrected chi connectivity index (χ0v) is 15.0. The van der Waals surface area contributed by atoms with Crippen molar-refractivity contribution in [1.82, 2.24) is 10.4 Å². The summed E-state index contributed by atoms with van der Waals surface area (Å²) in [6, 6.07) is 16.2. The molecule has 0 aliphatic rings. The van der Waals surface area contributed by atoms with E-state index in [0.29, 0.717) is 11.1 Å². The number of hydrogen-bond acceptors (Lipinski definition) is 6. The largest absolute Gasteiger partial charge is 0.461 e. The molecule has 1 heterocycles. The molecule has 2 N–H and O–H groups in total. The molecule has 0 fully saturated rings. The minimum Gasteiger partial charge on any atom is -0.461 e. The van der Waals surface area contributed by atoms with Crippen molar-refractivity contribution < 1.29 is 18.7 Å². The minimum absolute atomic E-state index is 0.00719. The van der Waals surface area contributed by atoms with Gasteiger partial charge in [-0.15, -0.1) is 0 Å². The maximum absolute atomic E-state index is 12.3. The van der Waals surface area contributed by atoms with Crippen LogP contribution >= 0.6 is 0 Å². The lowest BCUT2D eigenvalue weighted by atomic mass is 10.1. The Labute approximate surface area is 156 Å². The fourth-order valence-electron chi connectivity index (χ4n) is 2.34. The van der Waals surface area contributed by atoms with Crippen molar-refractivity contribution >= 4 is 17.8 Å². The predicted molar refractivity (Wildman–Crippen MR) is 100 cm³/mol. The second-order valence-corrected chi connectivity index (χ2v) is 5.73. The van der Waals surface area contributed by atoms with Crippen molar-refractivity contribution in [2.45, 2.75) is 13.8 Å². The number of aromatic nitrogens is 1. The average Bonchev–Trinajstić information content (AvgIpc) is 3.12. The van der Waals surface area contributed by atoms with Gasteiger partial charge in [0.2, 0.25) is 17.5 Å². The lowest BCUT2D eigenvalue weighted by molar-refractivity contribution is 0.0520. The number of carbonyl (C=O) groups excluding carboxylic acids is 2. The standard InChI is InChI=1S/C20H19N3O4/c1-3-26-20(25)16-19(27-18(21-16)15-7-5-4-6-8-15)23-22-17(24)14-11-9-13(2)10-12-14/h4-12,23H,3H2,1-2H3,(H,22,24). The highest BCUT2D eigenvalue weighted by Crippen LogP contribution is 2.25. The smallest absolute Gasteiger partial charge is 0.362 e. The first kappa shape index (κ1) is 18.2. The summed E-state index contributed by atoms with van der Waals surface area (Å²) < 4.78 is 10.6. The number of esters is 1. The van der Waals surface area contributed by atoms with Gasteiger partial charge in [0.1, 0.15) is 0 Å². The molecule has 3 rings (SSSR count). The maximum Gasteiger partial charge on any atom is 0.362 e. The van der Waals surface area contributed by atoms with Gasteiger partial charge in [0.05, 0.1) is 6.61 Å². The van der Waals surface area contributed by atoms with E-state index in [0.717, 1.165) is 5.56 Å². The third kappa shape index (κ3) is 4.33. The van der Waals surface area contributed by atoms with Gasteiger partial charge >= 0.3 is 5.97 Å². The molecular formula is C20H19N3O4. The minimum atomic E-state index is -0.643. The lowest BCUT2D eigenvalue weighted by Gasteiger charge is -2.07. The number of hydrazine groups is 1. The van der Waals surface area contributed by atoms with Crippen LogP contribution in [0.25, 0.3) is 11.5 Å². The predicted octanol–water partition coefficient (Wildman–Crippen LogP) is 3.58. The van der Waals surface area contributed by atoms with Crippen LogP contribution in [0.4, 0.5) is 5.88 Å². The summed E-state index contributed by atoms with van der Waals surface area (Å²) in [5.41, 5.74) is 7.30. The molecule has 0 atom stereocenters. The molecule has 7 heteroatoms. The van der Waals surface area contributed by atoms with Gasteiger partial charge in [-0.05, 0) is 38.1 Å². The molecule has 0 saturated heterocycles. The van der Waals surface area contributed by atoms with E-state index in [1.165, 1.54) is 0 Å². The molecule has 0 saturated carbocycles. The molecule has 0 aliphatic carbocycles. The summed E-state index contributed by atoms with van der Waals surface area (Å²) in [5.74, 6) is -0.767. The van der Waals surface area contributed by atoms with Crippen LogP contribution in [0, 0.1) is 6.92 Å². The van der Waals surface area contributed by atoms with Crippen LogP contribution < -0.4 is 10.9 Å². The van der Waals surface area contributed by atoms with Crippen molar-refractivity contribution in [1.29, 1.82) is 0 Å². The topological polar surface area (TPSA) is 93.5 Å². The van der Waals surface area contributed by atoms with Gasteiger partial charge in [-0.1, -0.05) is 35.9 Å². The number of carbonyl (C=O) groups is 2. The summed E-state index contributed by atoms with van der Waals surface area (Å²) in [4.78, 5) is 28.6. The number of hydrogen-bond donors (Lipinski definition) is 2. The molecule has 138 valence electrons. The van der Waals surface area contributed by atoms with Crippen LogP contribution in [-0.4, -0.2) is 23.5 Å². The fraction of sp³-hybridized carbons (Fsp3) is 0.150. The molecule has 27 heavy (non-hydrogen) atoms. The summed E-state index contributed by atoms with van der Waals surface area (Å²) in [5, 5.41) is 0. The van der Waals surface area contributed by atoms with Gasteiger partial charge in [0.15, 0.2) is 0 Å². The molecule has 7 nitrogen and oxygen atoms in total. The summed E-state index contributed by atoms with van der Waals surface area (Å²) in [6.45, 7) is 3.83. The SMILES string of the molecule is CCOC(=O)c1nc(-c2ccccc2)oc1NNC(=O)c1ccc(C)cc1. The highest BCUT2D eigenvalue weighted by molar-refractivity contribution is 5.96. The molecule has 3 aromatic rings. The van der Waals surface area contributed by atoms with Gasteiger partial charge in [0.25, 0.3) is 5.91 Å². The second-order valence-electron chi connectivity index (χ2n) is 5.73. The van der Waals surface area contributed by atoms with Crippen LogP contribution in [0.15, 0.2) is 59.0 Å². The third-order valence-corrected chi connectivity index (χ3v) is 3.72. The number of aryl methyl sites for hydroxylation is 1. The number of oxazole rings is 1. The zero-order valence-electron chi connectivity index (χ0n) is 15.0. The van der Waals surface area contributed by atoms with Crippen LogP contribution in [-0.2, 0) is 4.74 Å². The van der Waals surface area contributed by atoms with E-state index in [4.69, 9.17) is 9.15 Å². The summed E-state index contributed by atoms with van der Waals surface area (Å²) >= 11 is 0. The molecule has 0 bridgehead atoms.